The van der Waals surface area contributed by atoms with Crippen molar-refractivity contribution in [2.45, 2.75) is 26.3 Å². The molecule has 2 heterocycles. The highest BCUT2D eigenvalue weighted by Gasteiger charge is 2.35. The zero-order valence-electron chi connectivity index (χ0n) is 27.0. The summed E-state index contributed by atoms with van der Waals surface area (Å²) in [6.45, 7) is 6.62. The fourth-order valence-electron chi connectivity index (χ4n) is 6.20. The molecule has 2 aliphatic rings. The van der Waals surface area contributed by atoms with Gasteiger partial charge < -0.3 is 24.9 Å². The number of hydrogen-bond donors (Lipinski definition) is 1. The van der Waals surface area contributed by atoms with E-state index in [-0.39, 0.29) is 36.6 Å². The van der Waals surface area contributed by atoms with E-state index in [0.29, 0.717) is 41.3 Å². The van der Waals surface area contributed by atoms with Crippen LogP contribution in [-0.4, -0.2) is 79.2 Å². The van der Waals surface area contributed by atoms with Crippen molar-refractivity contribution >= 4 is 40.7 Å². The zero-order chi connectivity index (χ0) is 33.1. The monoisotopic (exact) mass is 629 g/mol. The fourth-order valence-corrected chi connectivity index (χ4v) is 6.20. The third kappa shape index (κ3) is 6.80. The molecule has 1 unspecified atom stereocenters. The lowest BCUT2D eigenvalue weighted by Gasteiger charge is -2.34. The number of benzene rings is 4. The van der Waals surface area contributed by atoms with Crippen molar-refractivity contribution in [1.82, 2.24) is 9.80 Å². The number of rotatable bonds is 6. The molecule has 4 aromatic carbocycles. The van der Waals surface area contributed by atoms with Gasteiger partial charge in [0.2, 0.25) is 11.8 Å². The second kappa shape index (κ2) is 13.6. The Morgan fingerprint density at radius 1 is 0.787 bits per heavy atom. The lowest BCUT2D eigenvalue weighted by atomic mass is 9.98. The fraction of sp³-hybridized carbons (Fsp3) is 0.263. The summed E-state index contributed by atoms with van der Waals surface area (Å²) in [5.41, 5.74) is 5.56. The van der Waals surface area contributed by atoms with Crippen LogP contribution in [0, 0.1) is 6.92 Å². The largest absolute Gasteiger partial charge is 0.339 e. The lowest BCUT2D eigenvalue weighted by molar-refractivity contribution is -0.132. The van der Waals surface area contributed by atoms with Crippen molar-refractivity contribution < 1.29 is 19.2 Å². The average molecular weight is 630 g/mol. The minimum absolute atomic E-state index is 0.0737. The number of piperazine rings is 1. The van der Waals surface area contributed by atoms with Gasteiger partial charge in [-0.1, -0.05) is 60.2 Å². The van der Waals surface area contributed by atoms with Gasteiger partial charge in [-0.15, -0.1) is 0 Å². The van der Waals surface area contributed by atoms with Crippen LogP contribution in [0.5, 0.6) is 0 Å². The lowest BCUT2D eigenvalue weighted by Crippen LogP contribution is -2.51. The van der Waals surface area contributed by atoms with Crippen LogP contribution in [0.4, 0.5) is 17.1 Å². The summed E-state index contributed by atoms with van der Waals surface area (Å²) in [5.74, 6) is -0.827. The molecule has 47 heavy (non-hydrogen) atoms. The van der Waals surface area contributed by atoms with Crippen LogP contribution in [0.1, 0.15) is 39.6 Å². The van der Waals surface area contributed by atoms with Gasteiger partial charge in [-0.05, 0) is 74.5 Å². The number of amides is 4. The van der Waals surface area contributed by atoms with E-state index >= 15 is 0 Å². The number of likely N-dealkylation sites (N-methyl/N-ethyl adjacent to an activating group) is 1. The standard InChI is InChI=1S/C38H39N5O4/c1-26-12-14-28(15-13-26)31-8-4-5-9-32(31)37(46)39-30-18-16-29(17-19-30)38(47)43-27(2)24-35(44)42(33-10-6-7-11-34(33)43)25-36(45)41-22-20-40(3)21-23-41/h4-19,27H,20-25H2,1-3H3,(H,39,46). The van der Waals surface area contributed by atoms with E-state index in [1.54, 1.807) is 46.2 Å². The molecule has 4 aromatic rings. The number of aryl methyl sites for hydroxylation is 1. The van der Waals surface area contributed by atoms with Crippen LogP contribution in [-0.2, 0) is 9.59 Å². The third-order valence-corrected chi connectivity index (χ3v) is 8.94. The highest BCUT2D eigenvalue weighted by atomic mass is 16.2. The average Bonchev–Trinajstić information content (AvgIpc) is 3.18. The van der Waals surface area contributed by atoms with E-state index in [9.17, 15) is 19.2 Å². The van der Waals surface area contributed by atoms with Crippen LogP contribution in [0.2, 0.25) is 0 Å². The van der Waals surface area contributed by atoms with Crippen LogP contribution >= 0.6 is 0 Å². The maximum Gasteiger partial charge on any atom is 0.258 e. The molecule has 9 nitrogen and oxygen atoms in total. The molecule has 9 heteroatoms. The van der Waals surface area contributed by atoms with Crippen molar-refractivity contribution in [2.75, 3.05) is 54.9 Å². The number of carbonyl (C=O) groups is 4. The summed E-state index contributed by atoms with van der Waals surface area (Å²) in [6, 6.07) is 29.1. The summed E-state index contributed by atoms with van der Waals surface area (Å²) < 4.78 is 0. The molecule has 4 amide bonds. The molecular weight excluding hydrogens is 590 g/mol. The first-order chi connectivity index (χ1) is 22.7. The number of carbonyl (C=O) groups excluding carboxylic acids is 4. The van der Waals surface area contributed by atoms with E-state index in [1.165, 1.54) is 4.90 Å². The van der Waals surface area contributed by atoms with E-state index in [4.69, 9.17) is 0 Å². The molecule has 1 atom stereocenters. The van der Waals surface area contributed by atoms with Gasteiger partial charge in [-0.3, -0.25) is 19.2 Å². The molecular formula is C38H39N5O4. The molecule has 1 fully saturated rings. The molecule has 1 saturated heterocycles. The molecule has 2 aliphatic heterocycles. The number of nitrogens with one attached hydrogen (secondary N) is 1. The maximum absolute atomic E-state index is 14.0. The van der Waals surface area contributed by atoms with Gasteiger partial charge in [0.1, 0.15) is 6.54 Å². The van der Waals surface area contributed by atoms with Crippen LogP contribution in [0.3, 0.4) is 0 Å². The van der Waals surface area contributed by atoms with E-state index in [0.717, 1.165) is 29.8 Å². The number of para-hydroxylation sites is 2. The van der Waals surface area contributed by atoms with Gasteiger partial charge in [-0.2, -0.15) is 0 Å². The second-order valence-corrected chi connectivity index (χ2v) is 12.3. The Morgan fingerprint density at radius 2 is 1.43 bits per heavy atom. The van der Waals surface area contributed by atoms with E-state index in [1.807, 2.05) is 81.6 Å². The molecule has 0 spiro atoms. The first kappa shape index (κ1) is 31.7. The minimum atomic E-state index is -0.447. The van der Waals surface area contributed by atoms with Crippen molar-refractivity contribution in [1.29, 1.82) is 0 Å². The van der Waals surface area contributed by atoms with E-state index < -0.39 is 6.04 Å². The highest BCUT2D eigenvalue weighted by molar-refractivity contribution is 6.13. The molecule has 0 saturated carbocycles. The number of fused-ring (bicyclic) bond motifs is 1. The quantitative estimate of drug-likeness (QED) is 0.306. The van der Waals surface area contributed by atoms with Gasteiger partial charge in [-0.25, -0.2) is 0 Å². The molecule has 240 valence electrons. The van der Waals surface area contributed by atoms with Gasteiger partial charge in [0.05, 0.1) is 11.4 Å². The van der Waals surface area contributed by atoms with Gasteiger partial charge in [0.25, 0.3) is 11.8 Å². The molecule has 6 rings (SSSR count). The van der Waals surface area contributed by atoms with Crippen LogP contribution < -0.4 is 15.1 Å². The molecule has 0 aromatic heterocycles. The zero-order valence-corrected chi connectivity index (χ0v) is 27.0. The first-order valence-electron chi connectivity index (χ1n) is 16.0. The highest BCUT2D eigenvalue weighted by Crippen LogP contribution is 2.36. The van der Waals surface area contributed by atoms with Crippen molar-refractivity contribution in [2.24, 2.45) is 0 Å². The smallest absolute Gasteiger partial charge is 0.258 e. The summed E-state index contributed by atoms with van der Waals surface area (Å²) >= 11 is 0. The van der Waals surface area contributed by atoms with Crippen molar-refractivity contribution in [3.05, 3.63) is 114 Å². The van der Waals surface area contributed by atoms with E-state index in [2.05, 4.69) is 10.2 Å². The normalized spacial score (nSPS) is 16.8. The predicted octanol–water partition coefficient (Wildman–Crippen LogP) is 5.46. The Bertz CT molecular complexity index is 1800. The van der Waals surface area contributed by atoms with Gasteiger partial charge >= 0.3 is 0 Å². The van der Waals surface area contributed by atoms with Gasteiger partial charge in [0.15, 0.2) is 0 Å². The summed E-state index contributed by atoms with van der Waals surface area (Å²) in [4.78, 5) is 61.3. The number of anilines is 3. The Hall–Kier alpha value is -5.28. The Labute approximate surface area is 275 Å². The van der Waals surface area contributed by atoms with Gasteiger partial charge in [0, 0.05) is 55.5 Å². The maximum atomic E-state index is 14.0. The second-order valence-electron chi connectivity index (χ2n) is 12.3. The Balaban J connectivity index is 1.20. The molecule has 1 N–H and O–H groups in total. The Kier molecular flexibility index (Phi) is 9.17. The topological polar surface area (TPSA) is 93.3 Å². The van der Waals surface area contributed by atoms with Crippen molar-refractivity contribution in [3.8, 4) is 11.1 Å². The third-order valence-electron chi connectivity index (χ3n) is 8.94. The summed E-state index contributed by atoms with van der Waals surface area (Å²) in [7, 11) is 2.03. The minimum Gasteiger partial charge on any atom is -0.339 e. The molecule has 0 radical (unpaired) electrons. The number of nitrogens with zero attached hydrogens (tertiary/aromatic N) is 4. The van der Waals surface area contributed by atoms with Crippen molar-refractivity contribution in [3.63, 3.8) is 0 Å². The number of hydrogen-bond acceptors (Lipinski definition) is 5. The Morgan fingerprint density at radius 3 is 2.13 bits per heavy atom. The van der Waals surface area contributed by atoms with Crippen LogP contribution in [0.25, 0.3) is 11.1 Å². The SMILES string of the molecule is Cc1ccc(-c2ccccc2C(=O)Nc2ccc(C(=O)N3c4ccccc4N(CC(=O)N4CCN(C)CC4)C(=O)CC3C)cc2)cc1. The predicted molar refractivity (Wildman–Crippen MR) is 185 cm³/mol. The first-order valence-corrected chi connectivity index (χ1v) is 16.0. The summed E-state index contributed by atoms with van der Waals surface area (Å²) in [5, 5.41) is 2.97. The molecule has 0 aliphatic carbocycles. The summed E-state index contributed by atoms with van der Waals surface area (Å²) in [6.07, 6.45) is 0.0744. The molecule has 0 bridgehead atoms. The van der Waals surface area contributed by atoms with Crippen LogP contribution in [0.15, 0.2) is 97.1 Å².